The number of nitrogens with two attached hydrogens (primary N) is 1. The lowest BCUT2D eigenvalue weighted by atomic mass is 10.1. The molecule has 1 unspecified atom stereocenters. The molecule has 2 heterocycles. The highest BCUT2D eigenvalue weighted by Crippen LogP contribution is 2.42. The van der Waals surface area contributed by atoms with Crippen LogP contribution in [-0.4, -0.2) is 60.2 Å². The third-order valence-corrected chi connectivity index (χ3v) is 7.01. The first-order valence-corrected chi connectivity index (χ1v) is 11.7. The number of hydrogen-bond acceptors (Lipinski definition) is 7. The van der Waals surface area contributed by atoms with E-state index >= 15 is 0 Å². The molecule has 1 fully saturated rings. The van der Waals surface area contributed by atoms with Gasteiger partial charge in [-0.1, -0.05) is 49.0 Å². The summed E-state index contributed by atoms with van der Waals surface area (Å²) in [5.41, 5.74) is 7.74. The average Bonchev–Trinajstić information content (AvgIpc) is 3.25. The van der Waals surface area contributed by atoms with Crippen LogP contribution in [0.25, 0.3) is 4.85 Å². The van der Waals surface area contributed by atoms with Crippen LogP contribution in [0.15, 0.2) is 35.4 Å². The van der Waals surface area contributed by atoms with Gasteiger partial charge in [-0.2, -0.15) is 5.26 Å². The quantitative estimate of drug-likeness (QED) is 0.434. The monoisotopic (exact) mass is 464 g/mol. The number of rotatable bonds is 9. The number of amides is 1. The number of primary amides is 1. The van der Waals surface area contributed by atoms with E-state index in [2.05, 4.69) is 15.8 Å². The summed E-state index contributed by atoms with van der Waals surface area (Å²) in [5, 5.41) is 19.4. The molecule has 2 atom stereocenters. The topological polar surface area (TPSA) is 111 Å². The molecule has 1 amide bonds. The van der Waals surface area contributed by atoms with Crippen molar-refractivity contribution in [2.24, 2.45) is 5.73 Å². The normalized spacial score (nSPS) is 16.7. The van der Waals surface area contributed by atoms with Gasteiger partial charge in [-0.3, -0.25) is 9.69 Å². The number of aliphatic hydroxyl groups excluding tert-OH is 1. The van der Waals surface area contributed by atoms with Crippen molar-refractivity contribution in [3.05, 3.63) is 58.4 Å². The molecule has 9 heteroatoms. The second-order valence-corrected chi connectivity index (χ2v) is 9.09. The predicted octanol–water partition coefficient (Wildman–Crippen LogP) is 2.89. The van der Waals surface area contributed by atoms with Gasteiger partial charge in [0.25, 0.3) is 0 Å². The molecule has 3 rings (SSSR count). The Bertz CT molecular complexity index is 1080. The number of nitriles is 1. The fraction of sp³-hybridized carbons (Fsp3) is 0.417. The minimum atomic E-state index is -0.710. The number of likely N-dealkylation sites (N-methyl/N-ethyl adjacent to an activating group) is 1. The lowest BCUT2D eigenvalue weighted by Crippen LogP contribution is -2.33. The third kappa shape index (κ3) is 5.63. The van der Waals surface area contributed by atoms with Crippen molar-refractivity contribution < 1.29 is 9.90 Å². The molecule has 0 radical (unpaired) electrons. The number of aliphatic hydroxyl groups is 1. The highest BCUT2D eigenvalue weighted by atomic mass is 32.2. The van der Waals surface area contributed by atoms with Crippen molar-refractivity contribution in [3.8, 4) is 6.07 Å². The Morgan fingerprint density at radius 3 is 2.76 bits per heavy atom. The molecule has 1 aliphatic heterocycles. The zero-order valence-corrected chi connectivity index (χ0v) is 19.7. The van der Waals surface area contributed by atoms with Gasteiger partial charge in [-0.25, -0.2) is 9.83 Å². The summed E-state index contributed by atoms with van der Waals surface area (Å²) in [7, 11) is 1.87. The number of benzene rings is 1. The van der Waals surface area contributed by atoms with Crippen LogP contribution in [0.2, 0.25) is 0 Å². The predicted molar refractivity (Wildman–Crippen MR) is 129 cm³/mol. The summed E-state index contributed by atoms with van der Waals surface area (Å²) in [5.74, 6) is -0.0360. The van der Waals surface area contributed by atoms with Gasteiger partial charge in [-0.05, 0) is 24.0 Å². The lowest BCUT2D eigenvalue weighted by molar-refractivity contribution is -0.117. The van der Waals surface area contributed by atoms with Crippen LogP contribution in [0.5, 0.6) is 0 Å². The standard InChI is InChI=1S/C24H28N6O2S/c1-4-18-19(14-25)24(33-21(22(26)32)16-8-6-5-7-9-16)28-23(20(18)27-2)29(3)12-13-30-11-10-17(31)15-30/h5-9,17,21,31H,4,10-13,15H2,1,3H3,(H2,26,32)/t17-,21?/m0/s1. The minimum Gasteiger partial charge on any atom is -0.392 e. The number of aromatic nitrogens is 1. The average molecular weight is 465 g/mol. The summed E-state index contributed by atoms with van der Waals surface area (Å²) < 4.78 is 0. The maximum atomic E-state index is 12.3. The van der Waals surface area contributed by atoms with Crippen molar-refractivity contribution >= 4 is 29.2 Å². The van der Waals surface area contributed by atoms with Crippen LogP contribution >= 0.6 is 11.8 Å². The van der Waals surface area contributed by atoms with E-state index in [-0.39, 0.29) is 6.10 Å². The second-order valence-electron chi connectivity index (χ2n) is 8.00. The molecule has 1 aliphatic rings. The highest BCUT2D eigenvalue weighted by molar-refractivity contribution is 8.00. The zero-order valence-electron chi connectivity index (χ0n) is 18.9. The highest BCUT2D eigenvalue weighted by Gasteiger charge is 2.27. The molecular weight excluding hydrogens is 436 g/mol. The number of carbonyl (C=O) groups excluding carboxylic acids is 1. The molecule has 8 nitrogen and oxygen atoms in total. The molecule has 1 aromatic carbocycles. The van der Waals surface area contributed by atoms with Crippen LogP contribution in [0.1, 0.15) is 35.3 Å². The van der Waals surface area contributed by atoms with E-state index in [9.17, 15) is 15.2 Å². The van der Waals surface area contributed by atoms with E-state index in [1.165, 1.54) is 0 Å². The van der Waals surface area contributed by atoms with E-state index in [0.29, 0.717) is 47.2 Å². The summed E-state index contributed by atoms with van der Waals surface area (Å²) in [6, 6.07) is 11.4. The molecular formula is C24H28N6O2S. The number of pyridine rings is 1. The van der Waals surface area contributed by atoms with Gasteiger partial charge in [-0.15, -0.1) is 0 Å². The van der Waals surface area contributed by atoms with E-state index in [0.717, 1.165) is 36.8 Å². The molecule has 0 aliphatic carbocycles. The fourth-order valence-corrected chi connectivity index (χ4v) is 5.02. The van der Waals surface area contributed by atoms with Crippen molar-refractivity contribution in [1.82, 2.24) is 9.88 Å². The number of anilines is 1. The largest absolute Gasteiger partial charge is 0.392 e. The van der Waals surface area contributed by atoms with Crippen LogP contribution in [0.3, 0.4) is 0 Å². The summed E-state index contributed by atoms with van der Waals surface area (Å²) in [6.45, 7) is 12.5. The summed E-state index contributed by atoms with van der Waals surface area (Å²) in [4.78, 5) is 24.8. The number of carbonyl (C=O) groups is 1. The molecule has 1 saturated heterocycles. The lowest BCUT2D eigenvalue weighted by Gasteiger charge is -2.25. The maximum Gasteiger partial charge on any atom is 0.235 e. The molecule has 33 heavy (non-hydrogen) atoms. The Morgan fingerprint density at radius 1 is 1.48 bits per heavy atom. The van der Waals surface area contributed by atoms with E-state index in [1.807, 2.05) is 49.2 Å². The number of thioether (sulfide) groups is 1. The first-order chi connectivity index (χ1) is 15.9. The number of nitrogens with zero attached hydrogens (tertiary/aromatic N) is 5. The van der Waals surface area contributed by atoms with Gasteiger partial charge in [0.2, 0.25) is 11.6 Å². The van der Waals surface area contributed by atoms with E-state index in [1.54, 1.807) is 0 Å². The van der Waals surface area contributed by atoms with Gasteiger partial charge in [0.05, 0.1) is 18.2 Å². The van der Waals surface area contributed by atoms with Gasteiger partial charge in [0, 0.05) is 33.2 Å². The molecule has 0 saturated carbocycles. The Hall–Kier alpha value is -3.11. The Labute approximate surface area is 198 Å². The van der Waals surface area contributed by atoms with Crippen LogP contribution in [0.4, 0.5) is 11.5 Å². The molecule has 0 bridgehead atoms. The number of β-amino-alcohol motifs (C(OH)–C–C–N with tert-alkyl or cyclic N) is 1. The first kappa shape index (κ1) is 24.5. The second kappa shape index (κ2) is 11.2. The van der Waals surface area contributed by atoms with E-state index in [4.69, 9.17) is 17.3 Å². The number of hydrogen-bond donors (Lipinski definition) is 2. The van der Waals surface area contributed by atoms with Gasteiger partial charge in [0.15, 0.2) is 0 Å². The fourth-order valence-electron chi connectivity index (χ4n) is 3.96. The zero-order chi connectivity index (χ0) is 24.0. The Kier molecular flexibility index (Phi) is 8.29. The van der Waals surface area contributed by atoms with Gasteiger partial charge >= 0.3 is 0 Å². The van der Waals surface area contributed by atoms with Gasteiger partial charge < -0.3 is 15.7 Å². The molecule has 3 N–H and O–H groups in total. The van der Waals surface area contributed by atoms with Crippen molar-refractivity contribution in [2.75, 3.05) is 38.1 Å². The smallest absolute Gasteiger partial charge is 0.235 e. The summed E-state index contributed by atoms with van der Waals surface area (Å²) in [6.07, 6.45) is 0.962. The van der Waals surface area contributed by atoms with Gasteiger partial charge in [0.1, 0.15) is 22.2 Å². The van der Waals surface area contributed by atoms with Crippen LogP contribution < -0.4 is 10.6 Å². The molecule has 172 valence electrons. The minimum absolute atomic E-state index is 0.291. The van der Waals surface area contributed by atoms with Crippen molar-refractivity contribution in [2.45, 2.75) is 36.1 Å². The molecule has 1 aromatic heterocycles. The molecule has 2 aromatic rings. The Morgan fingerprint density at radius 2 is 2.21 bits per heavy atom. The SMILES string of the molecule is [C-]#[N+]c1c(N(C)CCN2CC[C@H](O)C2)nc(SC(C(N)=O)c2ccccc2)c(C#N)c1CC. The first-order valence-electron chi connectivity index (χ1n) is 10.9. The maximum absolute atomic E-state index is 12.3. The van der Waals surface area contributed by atoms with E-state index < -0.39 is 11.2 Å². The van der Waals surface area contributed by atoms with Crippen molar-refractivity contribution in [3.63, 3.8) is 0 Å². The van der Waals surface area contributed by atoms with Crippen LogP contribution in [-0.2, 0) is 11.2 Å². The Balaban J connectivity index is 1.98. The summed E-state index contributed by atoms with van der Waals surface area (Å²) >= 11 is 1.14. The third-order valence-electron chi connectivity index (χ3n) is 5.75. The van der Waals surface area contributed by atoms with Crippen molar-refractivity contribution in [1.29, 1.82) is 5.26 Å². The van der Waals surface area contributed by atoms with Crippen LogP contribution in [0, 0.1) is 17.9 Å². The number of likely N-dealkylation sites (tertiary alicyclic amines) is 1. The molecule has 0 spiro atoms.